The molecule has 1 aliphatic carbocycles. The molecule has 0 aromatic heterocycles. The van der Waals surface area contributed by atoms with Crippen LogP contribution in [-0.4, -0.2) is 25.2 Å². The van der Waals surface area contributed by atoms with E-state index >= 15 is 0 Å². The van der Waals surface area contributed by atoms with Crippen LogP contribution in [0, 0.1) is 16.7 Å². The second-order valence-corrected chi connectivity index (χ2v) is 5.34. The molecule has 1 saturated carbocycles. The average molecular weight is 238 g/mol. The number of hydrogen-bond acceptors (Lipinski definition) is 4. The van der Waals surface area contributed by atoms with Gasteiger partial charge in [0, 0.05) is 5.92 Å². The van der Waals surface area contributed by atoms with Crippen LogP contribution in [-0.2, 0) is 19.1 Å². The molecule has 2 atom stereocenters. The Hall–Kier alpha value is -1.32. The molecule has 94 valence electrons. The summed E-state index contributed by atoms with van der Waals surface area (Å²) in [5.74, 6) is -1.07. The molecular weight excluding hydrogens is 220 g/mol. The minimum absolute atomic E-state index is 0.158. The van der Waals surface area contributed by atoms with Gasteiger partial charge in [0.2, 0.25) is 0 Å². The van der Waals surface area contributed by atoms with Crippen molar-refractivity contribution < 1.29 is 19.1 Å². The first kappa shape index (κ1) is 12.1. The maximum Gasteiger partial charge on any atom is 0.324 e. The molecular formula is C13H18O4. The first-order valence-corrected chi connectivity index (χ1v) is 5.90. The summed E-state index contributed by atoms with van der Waals surface area (Å²) in [6.45, 7) is 10.3. The first-order chi connectivity index (χ1) is 7.87. The van der Waals surface area contributed by atoms with E-state index in [2.05, 4.69) is 6.58 Å². The Kier molecular flexibility index (Phi) is 2.56. The van der Waals surface area contributed by atoms with Gasteiger partial charge in [-0.2, -0.15) is 0 Å². The topological polar surface area (TPSA) is 52.6 Å². The molecule has 0 amide bonds. The van der Waals surface area contributed by atoms with Gasteiger partial charge in [0.25, 0.3) is 0 Å². The Labute approximate surface area is 101 Å². The predicted molar refractivity (Wildman–Crippen MR) is 61.1 cm³/mol. The van der Waals surface area contributed by atoms with Crippen molar-refractivity contribution >= 4 is 11.9 Å². The third-order valence-electron chi connectivity index (χ3n) is 4.25. The van der Waals surface area contributed by atoms with Crippen molar-refractivity contribution in [2.24, 2.45) is 16.7 Å². The van der Waals surface area contributed by atoms with E-state index in [9.17, 15) is 9.59 Å². The first-order valence-electron chi connectivity index (χ1n) is 5.90. The molecule has 2 aliphatic rings. The second kappa shape index (κ2) is 3.59. The molecule has 0 radical (unpaired) electrons. The van der Waals surface area contributed by atoms with Crippen molar-refractivity contribution in [2.75, 3.05) is 13.2 Å². The fourth-order valence-corrected chi connectivity index (χ4v) is 2.96. The van der Waals surface area contributed by atoms with E-state index in [0.29, 0.717) is 6.42 Å². The van der Waals surface area contributed by atoms with Crippen LogP contribution >= 0.6 is 0 Å². The maximum atomic E-state index is 12.1. The Morgan fingerprint density at radius 3 is 2.82 bits per heavy atom. The third kappa shape index (κ3) is 1.36. The standard InChI is InChI=1S/C13H18O4/c1-5-16-10(14)13-6-8(2)12(3,4)9(13)7-17-11(13)15/h9H,2,5-7H2,1,3-4H3/t9-,13+/m0/s1. The van der Waals surface area contributed by atoms with Crippen molar-refractivity contribution in [1.82, 2.24) is 0 Å². The van der Waals surface area contributed by atoms with Crippen LogP contribution in [0.3, 0.4) is 0 Å². The van der Waals surface area contributed by atoms with Gasteiger partial charge in [0.15, 0.2) is 5.41 Å². The van der Waals surface area contributed by atoms with E-state index in [1.54, 1.807) is 6.92 Å². The van der Waals surface area contributed by atoms with Gasteiger partial charge in [0.1, 0.15) is 0 Å². The summed E-state index contributed by atoms with van der Waals surface area (Å²) in [5.41, 5.74) is -0.484. The molecule has 1 aliphatic heterocycles. The zero-order chi connectivity index (χ0) is 12.8. The van der Waals surface area contributed by atoms with Crippen LogP contribution < -0.4 is 0 Å². The molecule has 0 aromatic rings. The van der Waals surface area contributed by atoms with Crippen molar-refractivity contribution in [3.63, 3.8) is 0 Å². The van der Waals surface area contributed by atoms with Gasteiger partial charge in [-0.25, -0.2) is 0 Å². The highest BCUT2D eigenvalue weighted by Crippen LogP contribution is 2.60. The van der Waals surface area contributed by atoms with Gasteiger partial charge < -0.3 is 9.47 Å². The highest BCUT2D eigenvalue weighted by molar-refractivity contribution is 6.03. The minimum Gasteiger partial charge on any atom is -0.465 e. The summed E-state index contributed by atoms with van der Waals surface area (Å²) in [4.78, 5) is 24.1. The summed E-state index contributed by atoms with van der Waals surface area (Å²) in [6, 6.07) is 0. The lowest BCUT2D eigenvalue weighted by Crippen LogP contribution is -2.41. The monoisotopic (exact) mass is 238 g/mol. The van der Waals surface area contributed by atoms with Gasteiger partial charge in [-0.3, -0.25) is 9.59 Å². The molecule has 0 aromatic carbocycles. The van der Waals surface area contributed by atoms with Crippen LogP contribution in [0.2, 0.25) is 0 Å². The van der Waals surface area contributed by atoms with Crippen LogP contribution in [0.25, 0.3) is 0 Å². The van der Waals surface area contributed by atoms with Gasteiger partial charge >= 0.3 is 11.9 Å². The van der Waals surface area contributed by atoms with E-state index in [4.69, 9.17) is 9.47 Å². The molecule has 1 saturated heterocycles. The van der Waals surface area contributed by atoms with E-state index in [1.165, 1.54) is 0 Å². The van der Waals surface area contributed by atoms with Gasteiger partial charge in [-0.05, 0) is 18.8 Å². The zero-order valence-corrected chi connectivity index (χ0v) is 10.5. The summed E-state index contributed by atoms with van der Waals surface area (Å²) < 4.78 is 10.2. The number of fused-ring (bicyclic) bond motifs is 1. The summed E-state index contributed by atoms with van der Waals surface area (Å²) >= 11 is 0. The molecule has 2 rings (SSSR count). The normalized spacial score (nSPS) is 34.4. The van der Waals surface area contributed by atoms with Gasteiger partial charge in [-0.1, -0.05) is 26.0 Å². The Bertz CT molecular complexity index is 396. The van der Waals surface area contributed by atoms with Gasteiger partial charge in [0.05, 0.1) is 13.2 Å². The van der Waals surface area contributed by atoms with E-state index in [1.807, 2.05) is 13.8 Å². The third-order valence-corrected chi connectivity index (χ3v) is 4.25. The molecule has 2 fully saturated rings. The molecule has 4 heteroatoms. The number of ether oxygens (including phenoxy) is 2. The molecule has 1 heterocycles. The van der Waals surface area contributed by atoms with E-state index in [0.717, 1.165) is 5.57 Å². The fourth-order valence-electron chi connectivity index (χ4n) is 2.96. The van der Waals surface area contributed by atoms with Crippen LogP contribution in [0.15, 0.2) is 12.2 Å². The molecule has 4 nitrogen and oxygen atoms in total. The molecule has 0 bridgehead atoms. The number of rotatable bonds is 2. The number of allylic oxidation sites excluding steroid dienone is 1. The Morgan fingerprint density at radius 2 is 2.24 bits per heavy atom. The van der Waals surface area contributed by atoms with E-state index in [-0.39, 0.29) is 24.5 Å². The lowest BCUT2D eigenvalue weighted by atomic mass is 9.72. The number of esters is 2. The quantitative estimate of drug-likeness (QED) is 0.417. The Morgan fingerprint density at radius 1 is 1.59 bits per heavy atom. The van der Waals surface area contributed by atoms with Crippen molar-refractivity contribution in [3.8, 4) is 0 Å². The number of hydrogen-bond donors (Lipinski definition) is 0. The van der Waals surface area contributed by atoms with E-state index < -0.39 is 17.4 Å². The minimum atomic E-state index is -1.14. The molecule has 17 heavy (non-hydrogen) atoms. The van der Waals surface area contributed by atoms with Crippen molar-refractivity contribution in [1.29, 1.82) is 0 Å². The lowest BCUT2D eigenvalue weighted by Gasteiger charge is -2.28. The highest BCUT2D eigenvalue weighted by atomic mass is 16.6. The SMILES string of the molecule is C=C1C[C@@]2(C(=O)OCC)C(=O)OC[C@H]2C1(C)C. The number of carbonyl (C=O) groups is 2. The highest BCUT2D eigenvalue weighted by Gasteiger charge is 2.68. The number of carbonyl (C=O) groups excluding carboxylic acids is 2. The summed E-state index contributed by atoms with van der Waals surface area (Å²) in [5, 5.41) is 0. The van der Waals surface area contributed by atoms with Crippen LogP contribution in [0.1, 0.15) is 27.2 Å². The summed E-state index contributed by atoms with van der Waals surface area (Å²) in [7, 11) is 0. The number of cyclic esters (lactones) is 1. The predicted octanol–water partition coefficient (Wildman–Crippen LogP) is 1.70. The fraction of sp³-hybridized carbons (Fsp3) is 0.692. The smallest absolute Gasteiger partial charge is 0.324 e. The summed E-state index contributed by atoms with van der Waals surface area (Å²) in [6.07, 6.45) is 0.350. The molecule has 0 spiro atoms. The average Bonchev–Trinajstić information content (AvgIpc) is 2.67. The van der Waals surface area contributed by atoms with Crippen molar-refractivity contribution in [2.45, 2.75) is 27.2 Å². The second-order valence-electron chi connectivity index (χ2n) is 5.34. The van der Waals surface area contributed by atoms with Crippen LogP contribution in [0.4, 0.5) is 0 Å². The molecule has 0 N–H and O–H groups in total. The lowest BCUT2D eigenvalue weighted by molar-refractivity contribution is -0.165. The maximum absolute atomic E-state index is 12.1. The van der Waals surface area contributed by atoms with Gasteiger partial charge in [-0.15, -0.1) is 0 Å². The zero-order valence-electron chi connectivity index (χ0n) is 10.5. The van der Waals surface area contributed by atoms with Crippen molar-refractivity contribution in [3.05, 3.63) is 12.2 Å². The molecule has 0 unspecified atom stereocenters. The largest absolute Gasteiger partial charge is 0.465 e. The Balaban J connectivity index is 2.45. The van der Waals surface area contributed by atoms with Crippen LogP contribution in [0.5, 0.6) is 0 Å².